The number of hydrogen-bond acceptors (Lipinski definition) is 8. The second kappa shape index (κ2) is 10.7. The first-order valence-corrected chi connectivity index (χ1v) is 10.6. The molecule has 34 heavy (non-hydrogen) atoms. The lowest BCUT2D eigenvalue weighted by molar-refractivity contribution is -0.140. The number of carbonyl (C=O) groups excluding carboxylic acids is 2. The summed E-state index contributed by atoms with van der Waals surface area (Å²) in [6.45, 7) is 0.311. The zero-order valence-corrected chi connectivity index (χ0v) is 20.3. The Morgan fingerprint density at radius 3 is 2.15 bits per heavy atom. The van der Waals surface area contributed by atoms with Gasteiger partial charge in [0.1, 0.15) is 17.3 Å². The molecule has 0 saturated carbocycles. The molecule has 1 atom stereocenters. The van der Waals surface area contributed by atoms with Crippen molar-refractivity contribution in [3.63, 3.8) is 0 Å². The molecule has 1 amide bonds. The van der Waals surface area contributed by atoms with Crippen LogP contribution in [-0.2, 0) is 14.3 Å². The summed E-state index contributed by atoms with van der Waals surface area (Å²) in [6, 6.07) is 7.01. The van der Waals surface area contributed by atoms with Crippen LogP contribution in [0.15, 0.2) is 35.9 Å². The Labute approximate surface area is 202 Å². The van der Waals surface area contributed by atoms with Crippen molar-refractivity contribution in [1.29, 1.82) is 0 Å². The molecule has 1 N–H and O–H groups in total. The van der Waals surface area contributed by atoms with E-state index in [0.29, 0.717) is 22.8 Å². The highest BCUT2D eigenvalue weighted by Crippen LogP contribution is 2.44. The molecular formula is C24H26ClNO8. The van der Waals surface area contributed by atoms with Gasteiger partial charge in [0.05, 0.1) is 57.2 Å². The van der Waals surface area contributed by atoms with E-state index in [9.17, 15) is 14.7 Å². The lowest BCUT2D eigenvalue weighted by Gasteiger charge is -2.26. The summed E-state index contributed by atoms with van der Waals surface area (Å²) in [7, 11) is 7.32. The Morgan fingerprint density at radius 2 is 1.56 bits per heavy atom. The van der Waals surface area contributed by atoms with Crippen LogP contribution in [0.5, 0.6) is 23.0 Å². The molecule has 182 valence electrons. The number of likely N-dealkylation sites (tertiary alicyclic amines) is 1. The van der Waals surface area contributed by atoms with Gasteiger partial charge < -0.3 is 33.7 Å². The van der Waals surface area contributed by atoms with Crippen LogP contribution in [0, 0.1) is 0 Å². The van der Waals surface area contributed by atoms with Gasteiger partial charge in [0.25, 0.3) is 11.7 Å². The standard InChI is InChI=1S/C24H26ClNO8/c1-30-9-8-26-21(13-6-7-16(31-2)19(10-13)34-5)20(23(28)24(26)29)22(27)14-11-15(25)18(33-4)12-17(14)32-3/h6-7,10-12,21,27H,8-9H2,1-5H3/b22-20+. The fraction of sp³-hybridized carbons (Fsp3) is 0.333. The molecule has 0 radical (unpaired) electrons. The molecule has 0 spiro atoms. The molecule has 1 heterocycles. The number of halogens is 1. The number of aliphatic hydroxyl groups excluding tert-OH is 1. The lowest BCUT2D eigenvalue weighted by Crippen LogP contribution is -2.32. The van der Waals surface area contributed by atoms with Crippen LogP contribution in [0.1, 0.15) is 17.2 Å². The minimum atomic E-state index is -0.916. The number of methoxy groups -OCH3 is 5. The van der Waals surface area contributed by atoms with E-state index in [1.807, 2.05) is 0 Å². The highest BCUT2D eigenvalue weighted by atomic mass is 35.5. The number of ether oxygens (including phenoxy) is 5. The molecule has 0 aromatic heterocycles. The van der Waals surface area contributed by atoms with Crippen molar-refractivity contribution in [1.82, 2.24) is 4.90 Å². The molecule has 1 fully saturated rings. The summed E-state index contributed by atoms with van der Waals surface area (Å²) in [6.07, 6.45) is 0. The Balaban J connectivity index is 2.27. The van der Waals surface area contributed by atoms with Gasteiger partial charge in [-0.15, -0.1) is 0 Å². The fourth-order valence-corrected chi connectivity index (χ4v) is 4.10. The molecule has 1 aliphatic heterocycles. The van der Waals surface area contributed by atoms with Gasteiger partial charge in [0.2, 0.25) is 0 Å². The Kier molecular flexibility index (Phi) is 7.90. The predicted octanol–water partition coefficient (Wildman–Crippen LogP) is 3.44. The summed E-state index contributed by atoms with van der Waals surface area (Å²) in [4.78, 5) is 27.5. The number of rotatable bonds is 9. The zero-order valence-electron chi connectivity index (χ0n) is 19.5. The van der Waals surface area contributed by atoms with Crippen LogP contribution in [0.3, 0.4) is 0 Å². The monoisotopic (exact) mass is 491 g/mol. The second-order valence-corrected chi connectivity index (χ2v) is 7.69. The zero-order chi connectivity index (χ0) is 25.0. The quantitative estimate of drug-likeness (QED) is 0.323. The third-order valence-corrected chi connectivity index (χ3v) is 5.82. The molecule has 0 bridgehead atoms. The number of aliphatic hydroxyl groups is 1. The van der Waals surface area contributed by atoms with Gasteiger partial charge in [-0.1, -0.05) is 17.7 Å². The highest BCUT2D eigenvalue weighted by Gasteiger charge is 2.46. The van der Waals surface area contributed by atoms with E-state index in [0.717, 1.165) is 0 Å². The molecular weight excluding hydrogens is 466 g/mol. The van der Waals surface area contributed by atoms with Crippen molar-refractivity contribution >= 4 is 29.1 Å². The van der Waals surface area contributed by atoms with Crippen molar-refractivity contribution in [2.75, 3.05) is 48.7 Å². The summed E-state index contributed by atoms with van der Waals surface area (Å²) >= 11 is 6.27. The van der Waals surface area contributed by atoms with Crippen LogP contribution in [-0.4, -0.2) is 70.4 Å². The molecule has 0 aliphatic carbocycles. The van der Waals surface area contributed by atoms with E-state index in [-0.39, 0.29) is 35.1 Å². The minimum Gasteiger partial charge on any atom is -0.507 e. The second-order valence-electron chi connectivity index (χ2n) is 7.29. The molecule has 1 saturated heterocycles. The average molecular weight is 492 g/mol. The minimum absolute atomic E-state index is 0.118. The Morgan fingerprint density at radius 1 is 0.912 bits per heavy atom. The summed E-state index contributed by atoms with van der Waals surface area (Å²) in [5.74, 6) is -0.621. The van der Waals surface area contributed by atoms with E-state index < -0.39 is 23.5 Å². The number of carbonyl (C=O) groups is 2. The van der Waals surface area contributed by atoms with Crippen molar-refractivity contribution in [2.24, 2.45) is 0 Å². The predicted molar refractivity (Wildman–Crippen MR) is 125 cm³/mol. The third-order valence-electron chi connectivity index (χ3n) is 5.53. The number of benzene rings is 2. The van der Waals surface area contributed by atoms with Gasteiger partial charge in [-0.2, -0.15) is 0 Å². The molecule has 2 aromatic rings. The number of nitrogens with zero attached hydrogens (tertiary/aromatic N) is 1. The van der Waals surface area contributed by atoms with Gasteiger partial charge >= 0.3 is 0 Å². The Bertz CT molecular complexity index is 1130. The van der Waals surface area contributed by atoms with Crippen LogP contribution in [0.4, 0.5) is 0 Å². The topological polar surface area (TPSA) is 104 Å². The van der Waals surface area contributed by atoms with E-state index in [1.54, 1.807) is 18.2 Å². The Hall–Kier alpha value is -3.43. The van der Waals surface area contributed by atoms with E-state index in [1.165, 1.54) is 52.6 Å². The van der Waals surface area contributed by atoms with Crippen molar-refractivity contribution in [3.8, 4) is 23.0 Å². The van der Waals surface area contributed by atoms with Crippen molar-refractivity contribution in [3.05, 3.63) is 52.1 Å². The van der Waals surface area contributed by atoms with E-state index in [4.69, 9.17) is 35.3 Å². The summed E-state index contributed by atoms with van der Waals surface area (Å²) in [5.41, 5.74) is 0.560. The first kappa shape index (κ1) is 25.2. The first-order chi connectivity index (χ1) is 16.3. The van der Waals surface area contributed by atoms with E-state index in [2.05, 4.69) is 0 Å². The normalized spacial score (nSPS) is 17.1. The molecule has 1 aliphatic rings. The largest absolute Gasteiger partial charge is 0.507 e. The van der Waals surface area contributed by atoms with Crippen LogP contribution < -0.4 is 18.9 Å². The maximum atomic E-state index is 13.2. The number of ketones is 1. The van der Waals surface area contributed by atoms with Gasteiger partial charge in [-0.25, -0.2) is 0 Å². The van der Waals surface area contributed by atoms with Crippen molar-refractivity contribution in [2.45, 2.75) is 6.04 Å². The molecule has 9 nitrogen and oxygen atoms in total. The molecule has 2 aromatic carbocycles. The molecule has 10 heteroatoms. The third kappa shape index (κ3) is 4.49. The number of amides is 1. The van der Waals surface area contributed by atoms with Gasteiger partial charge in [-0.3, -0.25) is 9.59 Å². The average Bonchev–Trinajstić information content (AvgIpc) is 3.11. The fourth-order valence-electron chi connectivity index (χ4n) is 3.86. The first-order valence-electron chi connectivity index (χ1n) is 10.2. The lowest BCUT2D eigenvalue weighted by atomic mass is 9.94. The van der Waals surface area contributed by atoms with Crippen LogP contribution >= 0.6 is 11.6 Å². The SMILES string of the molecule is COCCN1C(=O)C(=O)/C(=C(/O)c2cc(Cl)c(OC)cc2OC)C1c1ccc(OC)c(OC)c1. The van der Waals surface area contributed by atoms with E-state index >= 15 is 0 Å². The van der Waals surface area contributed by atoms with Crippen molar-refractivity contribution < 1.29 is 38.4 Å². The van der Waals surface area contributed by atoms with Gasteiger partial charge in [-0.05, 0) is 23.8 Å². The maximum absolute atomic E-state index is 13.2. The highest BCUT2D eigenvalue weighted by molar-refractivity contribution is 6.46. The van der Waals surface area contributed by atoms with Crippen LogP contribution in [0.25, 0.3) is 5.76 Å². The number of hydrogen-bond donors (Lipinski definition) is 1. The smallest absolute Gasteiger partial charge is 0.295 e. The summed E-state index contributed by atoms with van der Waals surface area (Å²) in [5, 5.41) is 11.5. The maximum Gasteiger partial charge on any atom is 0.295 e. The van der Waals surface area contributed by atoms with Gasteiger partial charge in [0.15, 0.2) is 11.5 Å². The summed E-state index contributed by atoms with van der Waals surface area (Å²) < 4.78 is 26.4. The molecule has 3 rings (SSSR count). The van der Waals surface area contributed by atoms with Gasteiger partial charge in [0, 0.05) is 19.7 Å². The number of Topliss-reactive ketones (excluding diaryl/α,β-unsaturated/α-hetero) is 1. The van der Waals surface area contributed by atoms with Crippen LogP contribution in [0.2, 0.25) is 5.02 Å². The molecule has 1 unspecified atom stereocenters.